The molecule has 0 N–H and O–H groups in total. The third kappa shape index (κ3) is 3.22. The largest absolute Gasteiger partial charge is 0.464 e. The van der Waals surface area contributed by atoms with E-state index in [0.717, 1.165) is 24.3 Å². The van der Waals surface area contributed by atoms with Crippen molar-refractivity contribution < 1.29 is 27.7 Å². The number of carbonyl (C=O) groups is 2. The average molecular weight is 404 g/mol. The highest BCUT2D eigenvalue weighted by Gasteiger charge is 2.58. The highest BCUT2D eigenvalue weighted by atomic mass is 32.2. The highest BCUT2D eigenvalue weighted by molar-refractivity contribution is 7.89. The lowest BCUT2D eigenvalue weighted by molar-refractivity contribution is -0.384. The summed E-state index contributed by atoms with van der Waals surface area (Å²) in [6.45, 7) is 1.60. The molecule has 2 atom stereocenters. The van der Waals surface area contributed by atoms with Crippen molar-refractivity contribution in [1.29, 1.82) is 0 Å². The fraction of sp³-hybridized carbons (Fsp3) is 0.222. The molecular weight excluding hydrogens is 388 g/mol. The number of amides is 1. The second-order valence-electron chi connectivity index (χ2n) is 5.98. The van der Waals surface area contributed by atoms with E-state index in [1.54, 1.807) is 37.3 Å². The molecule has 0 bridgehead atoms. The molecule has 1 aliphatic rings. The van der Waals surface area contributed by atoms with Crippen LogP contribution in [0.15, 0.2) is 59.5 Å². The molecule has 0 aromatic heterocycles. The first-order valence-electron chi connectivity index (χ1n) is 8.33. The van der Waals surface area contributed by atoms with Crippen molar-refractivity contribution >= 4 is 27.6 Å². The number of benzene rings is 2. The molecule has 146 valence electrons. The molecule has 0 spiro atoms. The van der Waals surface area contributed by atoms with Crippen LogP contribution in [0, 0.1) is 10.1 Å². The Hall–Kier alpha value is -3.27. The summed E-state index contributed by atoms with van der Waals surface area (Å²) < 4.78 is 31.3. The molecule has 0 saturated carbocycles. The van der Waals surface area contributed by atoms with Gasteiger partial charge in [0.15, 0.2) is 6.04 Å². The molecule has 0 aliphatic carbocycles. The summed E-state index contributed by atoms with van der Waals surface area (Å²) in [5, 5.41) is 10.8. The zero-order chi connectivity index (χ0) is 20.5. The van der Waals surface area contributed by atoms with Gasteiger partial charge >= 0.3 is 5.97 Å². The SMILES string of the molecule is CCOC(=O)[C@H]1[C@H](c2ccccc2)C(=O)N1S(=O)(=O)c1ccc([N+](=O)[O-])cc1. The van der Waals surface area contributed by atoms with Crippen LogP contribution >= 0.6 is 0 Å². The minimum absolute atomic E-state index is 0.0243. The van der Waals surface area contributed by atoms with E-state index in [-0.39, 0.29) is 17.2 Å². The number of nitrogens with zero attached hydrogens (tertiary/aromatic N) is 2. The fourth-order valence-electron chi connectivity index (χ4n) is 3.03. The Balaban J connectivity index is 2.00. The number of nitro benzene ring substituents is 1. The molecule has 28 heavy (non-hydrogen) atoms. The summed E-state index contributed by atoms with van der Waals surface area (Å²) >= 11 is 0. The molecule has 0 unspecified atom stereocenters. The predicted octanol–water partition coefficient (Wildman–Crippen LogP) is 1.84. The van der Waals surface area contributed by atoms with Gasteiger partial charge in [-0.3, -0.25) is 14.9 Å². The smallest absolute Gasteiger partial charge is 0.331 e. The maximum absolute atomic E-state index is 12.9. The van der Waals surface area contributed by atoms with Crippen LogP contribution in [-0.4, -0.2) is 42.2 Å². The van der Waals surface area contributed by atoms with Gasteiger partial charge in [-0.2, -0.15) is 0 Å². The maximum Gasteiger partial charge on any atom is 0.331 e. The molecule has 1 heterocycles. The molecule has 10 heteroatoms. The number of nitro groups is 1. The lowest BCUT2D eigenvalue weighted by Gasteiger charge is -2.44. The van der Waals surface area contributed by atoms with Crippen LogP contribution in [0.4, 0.5) is 5.69 Å². The first-order chi connectivity index (χ1) is 13.3. The molecule has 9 nitrogen and oxygen atoms in total. The first kappa shape index (κ1) is 19.5. The second kappa shape index (κ2) is 7.39. The van der Waals surface area contributed by atoms with Gasteiger partial charge in [-0.15, -0.1) is 0 Å². The standard InChI is InChI=1S/C18H16N2O7S/c1-2-27-18(22)16-15(12-6-4-3-5-7-12)17(21)19(16)28(25,26)14-10-8-13(9-11-14)20(23)24/h3-11,15-16H,2H2,1H3/t15-,16+/m0/s1. The molecule has 1 amide bonds. The van der Waals surface area contributed by atoms with Crippen molar-refractivity contribution in [1.82, 2.24) is 4.31 Å². The quantitative estimate of drug-likeness (QED) is 0.311. The van der Waals surface area contributed by atoms with E-state index in [4.69, 9.17) is 4.74 Å². The number of non-ortho nitro benzene ring substituents is 1. The minimum atomic E-state index is -4.39. The highest BCUT2D eigenvalue weighted by Crippen LogP contribution is 2.40. The predicted molar refractivity (Wildman–Crippen MR) is 96.7 cm³/mol. The van der Waals surface area contributed by atoms with Crippen molar-refractivity contribution in [2.24, 2.45) is 0 Å². The van der Waals surface area contributed by atoms with Crippen molar-refractivity contribution in [2.75, 3.05) is 6.61 Å². The summed E-state index contributed by atoms with van der Waals surface area (Å²) in [6.07, 6.45) is 0. The Bertz CT molecular complexity index is 1020. The van der Waals surface area contributed by atoms with Crippen LogP contribution in [0.2, 0.25) is 0 Å². The lowest BCUT2D eigenvalue weighted by Crippen LogP contribution is -2.64. The second-order valence-corrected chi connectivity index (χ2v) is 7.79. The number of hydrogen-bond acceptors (Lipinski definition) is 7. The van der Waals surface area contributed by atoms with E-state index in [9.17, 15) is 28.1 Å². The Morgan fingerprint density at radius 2 is 1.75 bits per heavy atom. The number of esters is 1. The van der Waals surface area contributed by atoms with E-state index in [0.29, 0.717) is 9.87 Å². The van der Waals surface area contributed by atoms with Crippen molar-refractivity contribution in [2.45, 2.75) is 23.8 Å². The Morgan fingerprint density at radius 1 is 1.14 bits per heavy atom. The van der Waals surface area contributed by atoms with Gasteiger partial charge < -0.3 is 4.74 Å². The van der Waals surface area contributed by atoms with Crippen LogP contribution in [0.1, 0.15) is 18.4 Å². The summed E-state index contributed by atoms with van der Waals surface area (Å²) in [6, 6.07) is 11.1. The van der Waals surface area contributed by atoms with Gasteiger partial charge in [0.05, 0.1) is 22.3 Å². The van der Waals surface area contributed by atoms with Crippen molar-refractivity contribution in [3.05, 3.63) is 70.3 Å². The zero-order valence-corrected chi connectivity index (χ0v) is 15.5. The fourth-order valence-corrected chi connectivity index (χ4v) is 4.59. The lowest BCUT2D eigenvalue weighted by atomic mass is 9.84. The van der Waals surface area contributed by atoms with Gasteiger partial charge in [-0.05, 0) is 24.6 Å². The van der Waals surface area contributed by atoms with Gasteiger partial charge in [0.2, 0.25) is 5.91 Å². The Labute approximate surface area is 160 Å². The number of hydrogen-bond donors (Lipinski definition) is 0. The summed E-state index contributed by atoms with van der Waals surface area (Å²) in [5.74, 6) is -2.57. The van der Waals surface area contributed by atoms with E-state index < -0.39 is 38.8 Å². The molecule has 2 aromatic carbocycles. The van der Waals surface area contributed by atoms with E-state index in [2.05, 4.69) is 0 Å². The third-order valence-corrected chi connectivity index (χ3v) is 6.14. The van der Waals surface area contributed by atoms with Crippen LogP contribution in [-0.2, 0) is 24.3 Å². The summed E-state index contributed by atoms with van der Waals surface area (Å²) in [5.41, 5.74) is 0.207. The van der Waals surface area contributed by atoms with E-state index >= 15 is 0 Å². The number of sulfonamides is 1. The number of carbonyl (C=O) groups excluding carboxylic acids is 2. The van der Waals surface area contributed by atoms with Crippen LogP contribution < -0.4 is 0 Å². The van der Waals surface area contributed by atoms with Gasteiger partial charge in [-0.25, -0.2) is 17.5 Å². The number of β-lactam (4-membered cyclic amide) rings is 1. The topological polar surface area (TPSA) is 124 Å². The van der Waals surface area contributed by atoms with Crippen LogP contribution in [0.5, 0.6) is 0 Å². The first-order valence-corrected chi connectivity index (χ1v) is 9.77. The van der Waals surface area contributed by atoms with Gasteiger partial charge in [0, 0.05) is 12.1 Å². The normalized spacial score (nSPS) is 19.0. The average Bonchev–Trinajstić information content (AvgIpc) is 2.66. The van der Waals surface area contributed by atoms with Gasteiger partial charge in [0.25, 0.3) is 15.7 Å². The Morgan fingerprint density at radius 3 is 2.29 bits per heavy atom. The number of ether oxygens (including phenoxy) is 1. The minimum Gasteiger partial charge on any atom is -0.464 e. The molecule has 1 aliphatic heterocycles. The Kier molecular flexibility index (Phi) is 5.14. The van der Waals surface area contributed by atoms with Crippen LogP contribution in [0.3, 0.4) is 0 Å². The van der Waals surface area contributed by atoms with Crippen LogP contribution in [0.25, 0.3) is 0 Å². The molecule has 1 fully saturated rings. The molecule has 1 saturated heterocycles. The van der Waals surface area contributed by atoms with Crippen molar-refractivity contribution in [3.8, 4) is 0 Å². The summed E-state index contributed by atoms with van der Waals surface area (Å²) in [7, 11) is -4.39. The monoisotopic (exact) mass is 404 g/mol. The molecule has 2 aromatic rings. The van der Waals surface area contributed by atoms with Gasteiger partial charge in [0.1, 0.15) is 0 Å². The molecule has 3 rings (SSSR count). The third-order valence-electron chi connectivity index (χ3n) is 4.34. The maximum atomic E-state index is 12.9. The van der Waals surface area contributed by atoms with Gasteiger partial charge in [-0.1, -0.05) is 30.3 Å². The summed E-state index contributed by atoms with van der Waals surface area (Å²) in [4.78, 5) is 34.9. The van der Waals surface area contributed by atoms with E-state index in [1.165, 1.54) is 0 Å². The number of rotatable bonds is 6. The zero-order valence-electron chi connectivity index (χ0n) is 14.7. The molecule has 0 radical (unpaired) electrons. The van der Waals surface area contributed by atoms with Crippen molar-refractivity contribution in [3.63, 3.8) is 0 Å². The molecular formula is C18H16N2O7S. The van der Waals surface area contributed by atoms with E-state index in [1.807, 2.05) is 0 Å².